The fourth-order valence-corrected chi connectivity index (χ4v) is 3.03. The zero-order chi connectivity index (χ0) is 19.5. The molecule has 6 heteroatoms. The number of hydrogen-bond donors (Lipinski definition) is 2. The fraction of sp³-hybridized carbons (Fsp3) is 0.182. The van der Waals surface area contributed by atoms with Gasteiger partial charge in [0.2, 0.25) is 6.79 Å². The Hall–Kier alpha value is -3.54. The van der Waals surface area contributed by atoms with Crippen molar-refractivity contribution in [3.05, 3.63) is 77.1 Å². The van der Waals surface area contributed by atoms with Gasteiger partial charge < -0.3 is 20.1 Å². The SMILES string of the molecule is Cc1ccc(NC(=O)c2ccc(NCc3ccc4c(c3)OCO4)cn2)c(C)c1. The van der Waals surface area contributed by atoms with E-state index in [0.717, 1.165) is 39.6 Å². The van der Waals surface area contributed by atoms with Gasteiger partial charge in [-0.3, -0.25) is 4.79 Å². The summed E-state index contributed by atoms with van der Waals surface area (Å²) in [5, 5.41) is 6.20. The van der Waals surface area contributed by atoms with Crippen molar-refractivity contribution in [3.8, 4) is 11.5 Å². The van der Waals surface area contributed by atoms with Gasteiger partial charge in [0, 0.05) is 12.2 Å². The minimum atomic E-state index is -0.228. The van der Waals surface area contributed by atoms with E-state index in [1.807, 2.05) is 56.3 Å². The van der Waals surface area contributed by atoms with Crippen LogP contribution in [0.2, 0.25) is 0 Å². The van der Waals surface area contributed by atoms with Crippen molar-refractivity contribution in [2.45, 2.75) is 20.4 Å². The van der Waals surface area contributed by atoms with Gasteiger partial charge in [-0.05, 0) is 55.3 Å². The van der Waals surface area contributed by atoms with E-state index < -0.39 is 0 Å². The van der Waals surface area contributed by atoms with Crippen LogP contribution in [0.1, 0.15) is 27.2 Å². The van der Waals surface area contributed by atoms with Crippen LogP contribution in [0, 0.1) is 13.8 Å². The molecule has 0 radical (unpaired) electrons. The van der Waals surface area contributed by atoms with Gasteiger partial charge >= 0.3 is 0 Å². The first-order chi connectivity index (χ1) is 13.6. The lowest BCUT2D eigenvalue weighted by Crippen LogP contribution is -2.14. The number of carbonyl (C=O) groups is 1. The molecule has 0 aliphatic carbocycles. The predicted octanol–water partition coefficient (Wildman–Crippen LogP) is 4.29. The van der Waals surface area contributed by atoms with Crippen molar-refractivity contribution in [2.24, 2.45) is 0 Å². The van der Waals surface area contributed by atoms with Crippen LogP contribution in [0.4, 0.5) is 11.4 Å². The molecule has 0 atom stereocenters. The number of anilines is 2. The van der Waals surface area contributed by atoms with Gasteiger partial charge in [0.1, 0.15) is 5.69 Å². The number of benzene rings is 2. The average molecular weight is 375 g/mol. The number of carbonyl (C=O) groups excluding carboxylic acids is 1. The first kappa shape index (κ1) is 17.9. The van der Waals surface area contributed by atoms with Crippen LogP contribution in [0.3, 0.4) is 0 Å². The number of hydrogen-bond acceptors (Lipinski definition) is 5. The molecule has 2 heterocycles. The summed E-state index contributed by atoms with van der Waals surface area (Å²) in [5.74, 6) is 1.30. The first-order valence-corrected chi connectivity index (χ1v) is 9.05. The van der Waals surface area contributed by atoms with Crippen molar-refractivity contribution < 1.29 is 14.3 Å². The first-order valence-electron chi connectivity index (χ1n) is 9.05. The summed E-state index contributed by atoms with van der Waals surface area (Å²) in [6.45, 7) is 4.88. The van der Waals surface area contributed by atoms with Crippen molar-refractivity contribution in [3.63, 3.8) is 0 Å². The van der Waals surface area contributed by atoms with Crippen LogP contribution < -0.4 is 20.1 Å². The Morgan fingerprint density at radius 2 is 1.89 bits per heavy atom. The number of pyridine rings is 1. The highest BCUT2D eigenvalue weighted by atomic mass is 16.7. The Kier molecular flexibility index (Phi) is 4.85. The van der Waals surface area contributed by atoms with Crippen LogP contribution in [0.25, 0.3) is 0 Å². The summed E-state index contributed by atoms with van der Waals surface area (Å²) in [7, 11) is 0. The number of nitrogens with one attached hydrogen (secondary N) is 2. The largest absolute Gasteiger partial charge is 0.454 e. The molecule has 0 unspecified atom stereocenters. The second kappa shape index (κ2) is 7.60. The summed E-state index contributed by atoms with van der Waals surface area (Å²) in [4.78, 5) is 16.7. The van der Waals surface area contributed by atoms with E-state index in [0.29, 0.717) is 12.2 Å². The molecular formula is C22H21N3O3. The molecular weight excluding hydrogens is 354 g/mol. The number of fused-ring (bicyclic) bond motifs is 1. The number of rotatable bonds is 5. The van der Waals surface area contributed by atoms with Crippen molar-refractivity contribution in [1.29, 1.82) is 0 Å². The Morgan fingerprint density at radius 3 is 2.68 bits per heavy atom. The van der Waals surface area contributed by atoms with Gasteiger partial charge in [0.15, 0.2) is 11.5 Å². The maximum absolute atomic E-state index is 12.4. The lowest BCUT2D eigenvalue weighted by atomic mass is 10.1. The highest BCUT2D eigenvalue weighted by Crippen LogP contribution is 2.32. The van der Waals surface area contributed by atoms with Crippen LogP contribution in [0.5, 0.6) is 11.5 Å². The highest BCUT2D eigenvalue weighted by molar-refractivity contribution is 6.03. The van der Waals surface area contributed by atoms with E-state index in [1.54, 1.807) is 12.3 Å². The third kappa shape index (κ3) is 3.91. The van der Waals surface area contributed by atoms with Gasteiger partial charge in [-0.15, -0.1) is 0 Å². The molecule has 28 heavy (non-hydrogen) atoms. The molecule has 2 aromatic carbocycles. The zero-order valence-corrected chi connectivity index (χ0v) is 15.8. The molecule has 4 rings (SSSR count). The Bertz CT molecular complexity index is 1020. The third-order valence-corrected chi connectivity index (χ3v) is 4.56. The Morgan fingerprint density at radius 1 is 1.04 bits per heavy atom. The van der Waals surface area contributed by atoms with Crippen LogP contribution in [-0.4, -0.2) is 17.7 Å². The van der Waals surface area contributed by atoms with Gasteiger partial charge in [0.05, 0.1) is 11.9 Å². The molecule has 0 spiro atoms. The third-order valence-electron chi connectivity index (χ3n) is 4.56. The second-order valence-corrected chi connectivity index (χ2v) is 6.75. The Balaban J connectivity index is 1.37. The van der Waals surface area contributed by atoms with Crippen LogP contribution in [0.15, 0.2) is 54.7 Å². The van der Waals surface area contributed by atoms with Gasteiger partial charge in [-0.2, -0.15) is 0 Å². The number of aromatic nitrogens is 1. The van der Waals surface area contributed by atoms with E-state index in [4.69, 9.17) is 9.47 Å². The smallest absolute Gasteiger partial charge is 0.274 e. The molecule has 0 saturated carbocycles. The predicted molar refractivity (Wildman–Crippen MR) is 108 cm³/mol. The lowest BCUT2D eigenvalue weighted by molar-refractivity contribution is 0.102. The van der Waals surface area contributed by atoms with E-state index in [1.165, 1.54) is 0 Å². The maximum Gasteiger partial charge on any atom is 0.274 e. The zero-order valence-electron chi connectivity index (χ0n) is 15.8. The molecule has 2 N–H and O–H groups in total. The quantitative estimate of drug-likeness (QED) is 0.696. The minimum absolute atomic E-state index is 0.228. The van der Waals surface area contributed by atoms with Gasteiger partial charge in [0.25, 0.3) is 5.91 Å². The molecule has 1 aromatic heterocycles. The van der Waals surface area contributed by atoms with Gasteiger partial charge in [-0.1, -0.05) is 23.8 Å². The molecule has 1 aliphatic rings. The molecule has 1 aliphatic heterocycles. The van der Waals surface area contributed by atoms with Crippen LogP contribution >= 0.6 is 0 Å². The van der Waals surface area contributed by atoms with E-state index in [2.05, 4.69) is 15.6 Å². The molecule has 0 saturated heterocycles. The summed E-state index contributed by atoms with van der Waals surface area (Å²) in [5.41, 5.74) is 5.25. The monoisotopic (exact) mass is 375 g/mol. The van der Waals surface area contributed by atoms with Crippen molar-refractivity contribution >= 4 is 17.3 Å². The Labute approximate surface area is 163 Å². The summed E-state index contributed by atoms with van der Waals surface area (Å²) >= 11 is 0. The molecule has 0 bridgehead atoms. The minimum Gasteiger partial charge on any atom is -0.454 e. The number of ether oxygens (including phenoxy) is 2. The summed E-state index contributed by atoms with van der Waals surface area (Å²) < 4.78 is 10.7. The fourth-order valence-electron chi connectivity index (χ4n) is 3.03. The normalized spacial score (nSPS) is 11.9. The second-order valence-electron chi connectivity index (χ2n) is 6.75. The summed E-state index contributed by atoms with van der Waals surface area (Å²) in [6.07, 6.45) is 1.66. The average Bonchev–Trinajstić information content (AvgIpc) is 3.17. The number of amides is 1. The number of nitrogens with zero attached hydrogens (tertiary/aromatic N) is 1. The van der Waals surface area contributed by atoms with E-state index in [-0.39, 0.29) is 12.7 Å². The standard InChI is InChI=1S/C22H21N3O3/c1-14-3-6-18(15(2)9-14)25-22(26)19-7-5-17(12-24-19)23-11-16-4-8-20-21(10-16)28-13-27-20/h3-10,12,23H,11,13H2,1-2H3,(H,25,26). The summed E-state index contributed by atoms with van der Waals surface area (Å²) in [6, 6.07) is 15.3. The van der Waals surface area contributed by atoms with Crippen LogP contribution in [-0.2, 0) is 6.54 Å². The van der Waals surface area contributed by atoms with Gasteiger partial charge in [-0.25, -0.2) is 4.98 Å². The molecule has 1 amide bonds. The molecule has 142 valence electrons. The maximum atomic E-state index is 12.4. The van der Waals surface area contributed by atoms with E-state index >= 15 is 0 Å². The topological polar surface area (TPSA) is 72.5 Å². The highest BCUT2D eigenvalue weighted by Gasteiger charge is 2.13. The molecule has 6 nitrogen and oxygen atoms in total. The van der Waals surface area contributed by atoms with Crippen molar-refractivity contribution in [1.82, 2.24) is 4.98 Å². The molecule has 3 aromatic rings. The number of aryl methyl sites for hydroxylation is 2. The molecule has 0 fully saturated rings. The van der Waals surface area contributed by atoms with E-state index in [9.17, 15) is 4.79 Å². The van der Waals surface area contributed by atoms with Crippen molar-refractivity contribution in [2.75, 3.05) is 17.4 Å². The lowest BCUT2D eigenvalue weighted by Gasteiger charge is -2.10.